The van der Waals surface area contributed by atoms with Crippen LogP contribution >= 0.6 is 23.1 Å². The molecule has 13 heavy (non-hydrogen) atoms. The minimum absolute atomic E-state index is 0.830. The fourth-order valence-electron chi connectivity index (χ4n) is 1.04. The molecule has 0 aliphatic carbocycles. The van der Waals surface area contributed by atoms with Gasteiger partial charge in [0.05, 0.1) is 17.7 Å². The standard InChI is InChI=1S/C8H13N3S2/c1-9-8(12-3)11(2)4-7-5-13-6-10-7/h5-6H,4H2,1-3H3. The molecule has 0 aliphatic heterocycles. The highest BCUT2D eigenvalue weighted by molar-refractivity contribution is 8.13. The van der Waals surface area contributed by atoms with Crippen molar-refractivity contribution in [3.05, 3.63) is 16.6 Å². The van der Waals surface area contributed by atoms with E-state index < -0.39 is 0 Å². The fourth-order valence-corrected chi connectivity index (χ4v) is 2.15. The number of hydrogen-bond donors (Lipinski definition) is 0. The van der Waals surface area contributed by atoms with Gasteiger partial charge in [-0.25, -0.2) is 4.98 Å². The lowest BCUT2D eigenvalue weighted by molar-refractivity contribution is 0.503. The quantitative estimate of drug-likeness (QED) is 0.557. The van der Waals surface area contributed by atoms with Crippen molar-refractivity contribution in [1.82, 2.24) is 9.88 Å². The van der Waals surface area contributed by atoms with Crippen LogP contribution in [-0.4, -0.2) is 35.4 Å². The minimum Gasteiger partial charge on any atom is -0.349 e. The second-order valence-corrected chi connectivity index (χ2v) is 4.04. The summed E-state index contributed by atoms with van der Waals surface area (Å²) in [6.07, 6.45) is 2.03. The summed E-state index contributed by atoms with van der Waals surface area (Å²) in [5, 5.41) is 3.09. The highest BCUT2D eigenvalue weighted by atomic mass is 32.2. The molecule has 1 heterocycles. The molecular formula is C8H13N3S2. The lowest BCUT2D eigenvalue weighted by Crippen LogP contribution is -2.23. The largest absolute Gasteiger partial charge is 0.349 e. The van der Waals surface area contributed by atoms with Crippen molar-refractivity contribution in [3.63, 3.8) is 0 Å². The van der Waals surface area contributed by atoms with Gasteiger partial charge in [0.2, 0.25) is 0 Å². The van der Waals surface area contributed by atoms with Gasteiger partial charge in [-0.1, -0.05) is 11.8 Å². The molecule has 3 nitrogen and oxygen atoms in total. The third-order valence-corrected chi connectivity index (χ3v) is 3.08. The predicted molar refractivity (Wildman–Crippen MR) is 60.5 cm³/mol. The molecule has 1 rings (SSSR count). The van der Waals surface area contributed by atoms with Gasteiger partial charge in [0, 0.05) is 19.5 Å². The Hall–Kier alpha value is -0.550. The van der Waals surface area contributed by atoms with Crippen molar-refractivity contribution in [3.8, 4) is 0 Å². The Labute approximate surface area is 86.9 Å². The monoisotopic (exact) mass is 215 g/mol. The van der Waals surface area contributed by atoms with Crippen LogP contribution in [0.5, 0.6) is 0 Å². The first-order valence-corrected chi connectivity index (χ1v) is 6.03. The molecule has 1 aromatic rings. The van der Waals surface area contributed by atoms with Gasteiger partial charge in [0.25, 0.3) is 0 Å². The summed E-state index contributed by atoms with van der Waals surface area (Å²) in [6, 6.07) is 0. The van der Waals surface area contributed by atoms with Gasteiger partial charge in [-0.05, 0) is 6.26 Å². The average molecular weight is 215 g/mol. The Kier molecular flexibility index (Phi) is 4.24. The molecule has 0 saturated carbocycles. The van der Waals surface area contributed by atoms with Crippen molar-refractivity contribution in [2.75, 3.05) is 20.4 Å². The Bertz CT molecular complexity index is 269. The number of amidine groups is 1. The van der Waals surface area contributed by atoms with Crippen LogP contribution in [0.3, 0.4) is 0 Å². The van der Waals surface area contributed by atoms with Gasteiger partial charge in [-0.2, -0.15) is 0 Å². The molecule has 0 saturated heterocycles. The Morgan fingerprint density at radius 1 is 1.77 bits per heavy atom. The zero-order valence-corrected chi connectivity index (χ0v) is 9.65. The van der Waals surface area contributed by atoms with Crippen LogP contribution in [0.2, 0.25) is 0 Å². The smallest absolute Gasteiger partial charge is 0.158 e. The molecule has 0 unspecified atom stereocenters. The van der Waals surface area contributed by atoms with Crippen LogP contribution in [-0.2, 0) is 6.54 Å². The molecule has 0 atom stereocenters. The normalized spacial score (nSPS) is 11.8. The molecule has 1 aromatic heterocycles. The van der Waals surface area contributed by atoms with Crippen LogP contribution in [0.25, 0.3) is 0 Å². The molecule has 0 aromatic carbocycles. The summed E-state index contributed by atoms with van der Waals surface area (Å²) in [7, 11) is 3.83. The number of hydrogen-bond acceptors (Lipinski definition) is 4. The van der Waals surface area contributed by atoms with Crippen molar-refractivity contribution in [1.29, 1.82) is 0 Å². The molecule has 72 valence electrons. The second-order valence-electron chi connectivity index (χ2n) is 2.55. The van der Waals surface area contributed by atoms with E-state index in [9.17, 15) is 0 Å². The van der Waals surface area contributed by atoms with Gasteiger partial charge >= 0.3 is 0 Å². The first-order chi connectivity index (χ1) is 6.27. The van der Waals surface area contributed by atoms with E-state index in [4.69, 9.17) is 0 Å². The van der Waals surface area contributed by atoms with Crippen LogP contribution < -0.4 is 0 Å². The number of nitrogens with zero attached hydrogens (tertiary/aromatic N) is 3. The number of aliphatic imine (C=N–C) groups is 1. The molecule has 5 heteroatoms. The van der Waals surface area contributed by atoms with Gasteiger partial charge in [0.15, 0.2) is 5.17 Å². The molecular weight excluding hydrogens is 202 g/mol. The number of aromatic nitrogens is 1. The lowest BCUT2D eigenvalue weighted by atomic mass is 10.5. The summed E-state index contributed by atoms with van der Waals surface area (Å²) in [6.45, 7) is 0.830. The average Bonchev–Trinajstić information content (AvgIpc) is 2.59. The van der Waals surface area contributed by atoms with E-state index in [1.165, 1.54) is 0 Å². The summed E-state index contributed by atoms with van der Waals surface area (Å²) >= 11 is 3.28. The van der Waals surface area contributed by atoms with Gasteiger partial charge < -0.3 is 4.90 Å². The number of thioether (sulfide) groups is 1. The van der Waals surface area contributed by atoms with Gasteiger partial charge in [-0.3, -0.25) is 4.99 Å². The van der Waals surface area contributed by atoms with Crippen molar-refractivity contribution in [2.24, 2.45) is 4.99 Å². The third-order valence-electron chi connectivity index (χ3n) is 1.58. The summed E-state index contributed by atoms with van der Waals surface area (Å²) in [5.74, 6) is 0. The van der Waals surface area contributed by atoms with Crippen molar-refractivity contribution in [2.45, 2.75) is 6.54 Å². The van der Waals surface area contributed by atoms with Crippen LogP contribution in [0.15, 0.2) is 15.9 Å². The van der Waals surface area contributed by atoms with E-state index >= 15 is 0 Å². The Morgan fingerprint density at radius 3 is 3.00 bits per heavy atom. The third kappa shape index (κ3) is 3.00. The van der Waals surface area contributed by atoms with Gasteiger partial charge in [-0.15, -0.1) is 11.3 Å². The molecule has 0 fully saturated rings. The second kappa shape index (κ2) is 5.24. The minimum atomic E-state index is 0.830. The summed E-state index contributed by atoms with van der Waals surface area (Å²) in [5.41, 5.74) is 2.95. The topological polar surface area (TPSA) is 28.5 Å². The molecule has 0 bridgehead atoms. The molecule has 0 N–H and O–H groups in total. The first-order valence-electron chi connectivity index (χ1n) is 3.87. The van der Waals surface area contributed by atoms with Crippen LogP contribution in [0, 0.1) is 0 Å². The van der Waals surface area contributed by atoms with E-state index in [0.29, 0.717) is 0 Å². The summed E-state index contributed by atoms with van der Waals surface area (Å²) < 4.78 is 0. The maximum absolute atomic E-state index is 4.22. The molecule has 0 radical (unpaired) electrons. The van der Waals surface area contributed by atoms with Crippen LogP contribution in [0.1, 0.15) is 5.69 Å². The van der Waals surface area contributed by atoms with Gasteiger partial charge in [0.1, 0.15) is 0 Å². The lowest BCUT2D eigenvalue weighted by Gasteiger charge is -2.17. The molecule has 0 spiro atoms. The van der Waals surface area contributed by atoms with Crippen molar-refractivity contribution < 1.29 is 0 Å². The fraction of sp³-hybridized carbons (Fsp3) is 0.500. The summed E-state index contributed by atoms with van der Waals surface area (Å²) in [4.78, 5) is 10.5. The Morgan fingerprint density at radius 2 is 2.54 bits per heavy atom. The van der Waals surface area contributed by atoms with E-state index in [2.05, 4.69) is 20.3 Å². The van der Waals surface area contributed by atoms with Crippen molar-refractivity contribution >= 4 is 28.3 Å². The zero-order valence-electron chi connectivity index (χ0n) is 8.02. The van der Waals surface area contributed by atoms with E-state index in [0.717, 1.165) is 17.4 Å². The molecule has 0 amide bonds. The first kappa shape index (κ1) is 10.5. The van der Waals surface area contributed by atoms with E-state index in [-0.39, 0.29) is 0 Å². The predicted octanol–water partition coefficient (Wildman–Crippen LogP) is 1.92. The highest BCUT2D eigenvalue weighted by Gasteiger charge is 2.05. The van der Waals surface area contributed by atoms with E-state index in [1.54, 1.807) is 23.1 Å². The highest BCUT2D eigenvalue weighted by Crippen LogP contribution is 2.08. The SMILES string of the molecule is CN=C(SC)N(C)Cc1cscn1. The molecule has 0 aliphatic rings. The number of thiazole rings is 1. The zero-order chi connectivity index (χ0) is 9.68. The van der Waals surface area contributed by atoms with E-state index in [1.807, 2.05) is 25.9 Å². The number of rotatable bonds is 2. The maximum Gasteiger partial charge on any atom is 0.158 e. The van der Waals surface area contributed by atoms with Crippen LogP contribution in [0.4, 0.5) is 0 Å². The maximum atomic E-state index is 4.22. The Balaban J connectivity index is 2.55.